The molecule has 0 spiro atoms. The Balaban J connectivity index is 1.89. The van der Waals surface area contributed by atoms with Crippen LogP contribution in [-0.4, -0.2) is 36.6 Å². The Morgan fingerprint density at radius 3 is 2.89 bits per heavy atom. The Kier molecular flexibility index (Phi) is 4.00. The van der Waals surface area contributed by atoms with E-state index in [0.29, 0.717) is 23.0 Å². The number of nitrogen functional groups attached to an aromatic ring is 1. The highest BCUT2D eigenvalue weighted by Gasteiger charge is 2.16. The predicted octanol–water partition coefficient (Wildman–Crippen LogP) is 1.29. The molecule has 1 aromatic rings. The number of nitrogens with zero attached hydrogens (tertiary/aromatic N) is 3. The molecular formula is C13H19N5. The summed E-state index contributed by atoms with van der Waals surface area (Å²) in [7, 11) is 2.16. The maximum absolute atomic E-state index is 8.74. The molecular weight excluding hydrogens is 226 g/mol. The summed E-state index contributed by atoms with van der Waals surface area (Å²) in [5, 5.41) is 12.0. The average Bonchev–Trinajstić information content (AvgIpc) is 2.39. The topological polar surface area (TPSA) is 78.0 Å². The molecule has 0 amide bonds. The van der Waals surface area contributed by atoms with Crippen molar-refractivity contribution in [2.45, 2.75) is 12.8 Å². The second kappa shape index (κ2) is 5.69. The van der Waals surface area contributed by atoms with Gasteiger partial charge in [0.15, 0.2) is 0 Å². The van der Waals surface area contributed by atoms with Gasteiger partial charge < -0.3 is 16.0 Å². The summed E-state index contributed by atoms with van der Waals surface area (Å²) < 4.78 is 0. The molecule has 0 unspecified atom stereocenters. The standard InChI is InChI=1S/C13H19N5/c1-18-4-2-10(3-5-18)8-16-13-12(15)6-11(7-14)9-17-13/h6,9-10H,2-5,8,15H2,1H3,(H,16,17). The molecule has 5 heteroatoms. The van der Waals surface area contributed by atoms with Crippen molar-refractivity contribution in [3.05, 3.63) is 17.8 Å². The molecule has 2 rings (SSSR count). The van der Waals surface area contributed by atoms with Crippen molar-refractivity contribution in [3.63, 3.8) is 0 Å². The zero-order valence-corrected chi connectivity index (χ0v) is 10.7. The third kappa shape index (κ3) is 3.11. The van der Waals surface area contributed by atoms with Gasteiger partial charge in [-0.3, -0.25) is 0 Å². The fourth-order valence-electron chi connectivity index (χ4n) is 2.20. The van der Waals surface area contributed by atoms with Gasteiger partial charge in [-0.15, -0.1) is 0 Å². The summed E-state index contributed by atoms with van der Waals surface area (Å²) in [6, 6.07) is 3.69. The molecule has 2 heterocycles. The maximum Gasteiger partial charge on any atom is 0.149 e. The molecule has 18 heavy (non-hydrogen) atoms. The SMILES string of the molecule is CN1CCC(CNc2ncc(C#N)cc2N)CC1. The van der Waals surface area contributed by atoms with Crippen LogP contribution in [0.2, 0.25) is 0 Å². The molecule has 0 bridgehead atoms. The van der Waals surface area contributed by atoms with Gasteiger partial charge in [0.05, 0.1) is 11.3 Å². The molecule has 0 aromatic carbocycles. The van der Waals surface area contributed by atoms with Gasteiger partial charge in [-0.05, 0) is 45.0 Å². The Morgan fingerprint density at radius 1 is 1.56 bits per heavy atom. The number of rotatable bonds is 3. The fourth-order valence-corrected chi connectivity index (χ4v) is 2.20. The lowest BCUT2D eigenvalue weighted by atomic mass is 9.97. The highest BCUT2D eigenvalue weighted by atomic mass is 15.1. The van der Waals surface area contributed by atoms with Crippen molar-refractivity contribution in [1.82, 2.24) is 9.88 Å². The normalized spacial score (nSPS) is 17.3. The van der Waals surface area contributed by atoms with Gasteiger partial charge >= 0.3 is 0 Å². The molecule has 1 saturated heterocycles. The van der Waals surface area contributed by atoms with Gasteiger partial charge in [0.25, 0.3) is 0 Å². The van der Waals surface area contributed by atoms with Crippen molar-refractivity contribution >= 4 is 11.5 Å². The lowest BCUT2D eigenvalue weighted by molar-refractivity contribution is 0.226. The second-order valence-electron chi connectivity index (χ2n) is 4.90. The molecule has 1 aromatic heterocycles. The van der Waals surface area contributed by atoms with Crippen LogP contribution < -0.4 is 11.1 Å². The number of likely N-dealkylation sites (tertiary alicyclic amines) is 1. The summed E-state index contributed by atoms with van der Waals surface area (Å²) >= 11 is 0. The first-order valence-corrected chi connectivity index (χ1v) is 6.27. The van der Waals surface area contributed by atoms with Crippen LogP contribution in [0.5, 0.6) is 0 Å². The van der Waals surface area contributed by atoms with E-state index in [9.17, 15) is 0 Å². The van der Waals surface area contributed by atoms with Gasteiger partial charge in [-0.1, -0.05) is 0 Å². The van der Waals surface area contributed by atoms with E-state index < -0.39 is 0 Å². The number of hydrogen-bond acceptors (Lipinski definition) is 5. The number of nitriles is 1. The van der Waals surface area contributed by atoms with Crippen molar-refractivity contribution in [2.24, 2.45) is 5.92 Å². The first-order chi connectivity index (χ1) is 8.69. The molecule has 0 aliphatic carbocycles. The quantitative estimate of drug-likeness (QED) is 0.839. The number of piperidine rings is 1. The minimum absolute atomic E-state index is 0.498. The number of pyridine rings is 1. The van der Waals surface area contributed by atoms with Crippen molar-refractivity contribution in [3.8, 4) is 6.07 Å². The lowest BCUT2D eigenvalue weighted by Gasteiger charge is -2.29. The van der Waals surface area contributed by atoms with E-state index in [2.05, 4.69) is 22.2 Å². The minimum atomic E-state index is 0.498. The van der Waals surface area contributed by atoms with E-state index in [1.54, 1.807) is 12.3 Å². The third-order valence-corrected chi connectivity index (χ3v) is 3.44. The van der Waals surface area contributed by atoms with Crippen LogP contribution in [0.1, 0.15) is 18.4 Å². The molecule has 0 saturated carbocycles. The van der Waals surface area contributed by atoms with Gasteiger partial charge in [-0.2, -0.15) is 5.26 Å². The average molecular weight is 245 g/mol. The monoisotopic (exact) mass is 245 g/mol. The summed E-state index contributed by atoms with van der Waals surface area (Å²) in [6.07, 6.45) is 3.96. The molecule has 1 aliphatic heterocycles. The van der Waals surface area contributed by atoms with Crippen LogP contribution in [0.4, 0.5) is 11.5 Å². The molecule has 96 valence electrons. The van der Waals surface area contributed by atoms with Gasteiger partial charge in [-0.25, -0.2) is 4.98 Å². The van der Waals surface area contributed by atoms with Gasteiger partial charge in [0.2, 0.25) is 0 Å². The van der Waals surface area contributed by atoms with E-state index in [4.69, 9.17) is 11.0 Å². The van der Waals surface area contributed by atoms with Crippen LogP contribution in [0.3, 0.4) is 0 Å². The second-order valence-corrected chi connectivity index (χ2v) is 4.90. The summed E-state index contributed by atoms with van der Waals surface area (Å²) in [5.41, 5.74) is 6.89. The molecule has 1 aliphatic rings. The minimum Gasteiger partial charge on any atom is -0.396 e. The largest absolute Gasteiger partial charge is 0.396 e. The highest BCUT2D eigenvalue weighted by molar-refractivity contribution is 5.63. The van der Waals surface area contributed by atoms with Crippen molar-refractivity contribution < 1.29 is 0 Å². The number of hydrogen-bond donors (Lipinski definition) is 2. The zero-order chi connectivity index (χ0) is 13.0. The van der Waals surface area contributed by atoms with Crippen LogP contribution in [0.15, 0.2) is 12.3 Å². The van der Waals surface area contributed by atoms with Gasteiger partial charge in [0.1, 0.15) is 11.9 Å². The van der Waals surface area contributed by atoms with Crippen molar-refractivity contribution in [1.29, 1.82) is 5.26 Å². The van der Waals surface area contributed by atoms with Gasteiger partial charge in [0, 0.05) is 12.7 Å². The van der Waals surface area contributed by atoms with E-state index in [-0.39, 0.29) is 0 Å². The van der Waals surface area contributed by atoms with Crippen LogP contribution >= 0.6 is 0 Å². The first kappa shape index (κ1) is 12.7. The molecule has 3 N–H and O–H groups in total. The highest BCUT2D eigenvalue weighted by Crippen LogP contribution is 2.19. The lowest BCUT2D eigenvalue weighted by Crippen LogP contribution is -2.33. The Labute approximate surface area is 108 Å². The summed E-state index contributed by atoms with van der Waals surface area (Å²) in [6.45, 7) is 3.21. The van der Waals surface area contributed by atoms with Crippen LogP contribution in [0.25, 0.3) is 0 Å². The fraction of sp³-hybridized carbons (Fsp3) is 0.538. The van der Waals surface area contributed by atoms with E-state index in [0.717, 1.165) is 19.6 Å². The predicted molar refractivity (Wildman–Crippen MR) is 72.1 cm³/mol. The number of anilines is 2. The van der Waals surface area contributed by atoms with Crippen LogP contribution in [0, 0.1) is 17.2 Å². The third-order valence-electron chi connectivity index (χ3n) is 3.44. The summed E-state index contributed by atoms with van der Waals surface area (Å²) in [4.78, 5) is 6.53. The van der Waals surface area contributed by atoms with E-state index >= 15 is 0 Å². The van der Waals surface area contributed by atoms with Crippen molar-refractivity contribution in [2.75, 3.05) is 37.7 Å². The zero-order valence-electron chi connectivity index (χ0n) is 10.7. The van der Waals surface area contributed by atoms with E-state index in [1.165, 1.54) is 12.8 Å². The maximum atomic E-state index is 8.74. The Hall–Kier alpha value is -1.80. The number of nitrogens with one attached hydrogen (secondary N) is 1. The number of aromatic nitrogens is 1. The van der Waals surface area contributed by atoms with E-state index in [1.807, 2.05) is 6.07 Å². The molecule has 5 nitrogen and oxygen atoms in total. The molecule has 0 atom stereocenters. The van der Waals surface area contributed by atoms with Crippen LogP contribution in [-0.2, 0) is 0 Å². The molecule has 0 radical (unpaired) electrons. The Morgan fingerprint density at radius 2 is 2.28 bits per heavy atom. The number of nitrogens with two attached hydrogens (primary N) is 1. The Bertz CT molecular complexity index is 443. The first-order valence-electron chi connectivity index (χ1n) is 6.27. The smallest absolute Gasteiger partial charge is 0.149 e. The summed E-state index contributed by atoms with van der Waals surface area (Å²) in [5.74, 6) is 1.37. The molecule has 1 fully saturated rings.